The summed E-state index contributed by atoms with van der Waals surface area (Å²) >= 11 is 0. The maximum Gasteiger partial charge on any atom is 0.416 e. The predicted octanol–water partition coefficient (Wildman–Crippen LogP) is 4.88. The van der Waals surface area contributed by atoms with Crippen molar-refractivity contribution < 1.29 is 21.6 Å². The second-order valence-electron chi connectivity index (χ2n) is 7.18. The van der Waals surface area contributed by atoms with Crippen LogP contribution >= 0.6 is 0 Å². The molecule has 1 aromatic carbocycles. The van der Waals surface area contributed by atoms with Gasteiger partial charge in [0.25, 0.3) is 0 Å². The number of alkyl halides is 3. The SMILES string of the molecule is CC(C)S(=O)(=O)NC1=C2CC=C(Cc3cccc(C(F)(F)F)c3)C=C2CC1. The highest BCUT2D eigenvalue weighted by atomic mass is 32.2. The second kappa shape index (κ2) is 7.19. The minimum Gasteiger partial charge on any atom is -0.287 e. The van der Waals surface area contributed by atoms with E-state index in [4.69, 9.17) is 0 Å². The third-order valence-electron chi connectivity index (χ3n) is 4.87. The third kappa shape index (κ3) is 4.46. The molecule has 146 valence electrons. The van der Waals surface area contributed by atoms with Gasteiger partial charge in [-0.3, -0.25) is 4.72 Å². The van der Waals surface area contributed by atoms with E-state index in [1.54, 1.807) is 19.9 Å². The highest BCUT2D eigenvalue weighted by Gasteiger charge is 2.30. The van der Waals surface area contributed by atoms with E-state index >= 15 is 0 Å². The first-order valence-corrected chi connectivity index (χ1v) is 10.4. The lowest BCUT2D eigenvalue weighted by Crippen LogP contribution is -2.30. The van der Waals surface area contributed by atoms with E-state index in [1.807, 2.05) is 12.2 Å². The lowest BCUT2D eigenvalue weighted by atomic mass is 9.92. The molecule has 2 aliphatic rings. The van der Waals surface area contributed by atoms with Gasteiger partial charge in [-0.2, -0.15) is 13.2 Å². The molecule has 1 N–H and O–H groups in total. The largest absolute Gasteiger partial charge is 0.416 e. The third-order valence-corrected chi connectivity index (χ3v) is 6.64. The summed E-state index contributed by atoms with van der Waals surface area (Å²) in [6, 6.07) is 5.37. The number of halogens is 3. The highest BCUT2D eigenvalue weighted by Crippen LogP contribution is 2.38. The number of benzene rings is 1. The van der Waals surface area contributed by atoms with Crippen molar-refractivity contribution in [3.8, 4) is 0 Å². The van der Waals surface area contributed by atoms with E-state index in [9.17, 15) is 21.6 Å². The van der Waals surface area contributed by atoms with Crippen molar-refractivity contribution in [1.82, 2.24) is 4.72 Å². The molecular weight excluding hydrogens is 375 g/mol. The van der Waals surface area contributed by atoms with Crippen molar-refractivity contribution in [3.05, 3.63) is 70.0 Å². The maximum absolute atomic E-state index is 12.9. The molecule has 0 fully saturated rings. The lowest BCUT2D eigenvalue weighted by Gasteiger charge is -2.17. The van der Waals surface area contributed by atoms with Crippen molar-refractivity contribution in [1.29, 1.82) is 0 Å². The zero-order valence-electron chi connectivity index (χ0n) is 15.2. The Hall–Kier alpha value is -2.02. The maximum atomic E-state index is 12.9. The predicted molar refractivity (Wildman–Crippen MR) is 99.4 cm³/mol. The highest BCUT2D eigenvalue weighted by molar-refractivity contribution is 7.90. The van der Waals surface area contributed by atoms with Crippen LogP contribution in [0.15, 0.2) is 58.8 Å². The van der Waals surface area contributed by atoms with Crippen LogP contribution in [0.25, 0.3) is 0 Å². The Kier molecular flexibility index (Phi) is 5.25. The van der Waals surface area contributed by atoms with Crippen LogP contribution in [0.3, 0.4) is 0 Å². The number of hydrogen-bond donors (Lipinski definition) is 1. The van der Waals surface area contributed by atoms with Gasteiger partial charge in [-0.15, -0.1) is 0 Å². The molecule has 0 heterocycles. The first-order chi connectivity index (χ1) is 12.6. The molecule has 0 bridgehead atoms. The van der Waals surface area contributed by atoms with E-state index in [-0.39, 0.29) is 0 Å². The van der Waals surface area contributed by atoms with Gasteiger partial charge in [0.05, 0.1) is 10.8 Å². The van der Waals surface area contributed by atoms with Gasteiger partial charge in [0.2, 0.25) is 10.0 Å². The van der Waals surface area contributed by atoms with Gasteiger partial charge >= 0.3 is 6.18 Å². The van der Waals surface area contributed by atoms with Gasteiger partial charge < -0.3 is 0 Å². The van der Waals surface area contributed by atoms with E-state index in [2.05, 4.69) is 4.72 Å². The Bertz CT molecular complexity index is 938. The molecule has 3 nitrogen and oxygen atoms in total. The minimum absolute atomic E-state index is 0.424. The molecule has 0 aliphatic heterocycles. The fraction of sp³-hybridized carbons (Fsp3) is 0.400. The van der Waals surface area contributed by atoms with Crippen LogP contribution < -0.4 is 4.72 Å². The van der Waals surface area contributed by atoms with Gasteiger partial charge in [-0.25, -0.2) is 8.42 Å². The molecule has 2 aliphatic carbocycles. The van der Waals surface area contributed by atoms with Gasteiger partial charge in [0.15, 0.2) is 0 Å². The number of allylic oxidation sites excluding steroid dienone is 6. The van der Waals surface area contributed by atoms with Crippen molar-refractivity contribution in [2.75, 3.05) is 0 Å². The molecule has 0 unspecified atom stereocenters. The summed E-state index contributed by atoms with van der Waals surface area (Å²) in [6.45, 7) is 3.26. The van der Waals surface area contributed by atoms with Gasteiger partial charge in [-0.05, 0) is 67.9 Å². The molecule has 0 amide bonds. The number of rotatable bonds is 5. The Morgan fingerprint density at radius 3 is 2.59 bits per heavy atom. The van der Waals surface area contributed by atoms with E-state index < -0.39 is 27.0 Å². The van der Waals surface area contributed by atoms with E-state index in [1.165, 1.54) is 12.1 Å². The molecule has 7 heteroatoms. The summed E-state index contributed by atoms with van der Waals surface area (Å²) in [4.78, 5) is 0. The summed E-state index contributed by atoms with van der Waals surface area (Å²) in [7, 11) is -3.38. The first-order valence-electron chi connectivity index (χ1n) is 8.86. The molecule has 0 saturated heterocycles. The zero-order chi connectivity index (χ0) is 19.8. The summed E-state index contributed by atoms with van der Waals surface area (Å²) in [6.07, 6.45) is 2.00. The Labute approximate surface area is 157 Å². The van der Waals surface area contributed by atoms with Crippen LogP contribution in [-0.2, 0) is 22.6 Å². The van der Waals surface area contributed by atoms with Crippen LogP contribution in [0.4, 0.5) is 13.2 Å². The quantitative estimate of drug-likeness (QED) is 0.770. The minimum atomic E-state index is -4.35. The molecule has 0 saturated carbocycles. The molecular formula is C20H22F3NO2S. The number of hydrogen-bond acceptors (Lipinski definition) is 2. The van der Waals surface area contributed by atoms with Crippen LogP contribution in [0.2, 0.25) is 0 Å². The van der Waals surface area contributed by atoms with Gasteiger partial charge in [0.1, 0.15) is 0 Å². The normalized spacial score (nSPS) is 17.7. The smallest absolute Gasteiger partial charge is 0.287 e. The van der Waals surface area contributed by atoms with Crippen molar-refractivity contribution >= 4 is 10.0 Å². The number of nitrogens with one attached hydrogen (secondary N) is 1. The number of sulfonamides is 1. The van der Waals surface area contributed by atoms with E-state index in [0.29, 0.717) is 24.8 Å². The Morgan fingerprint density at radius 1 is 1.19 bits per heavy atom. The molecule has 0 atom stereocenters. The van der Waals surface area contributed by atoms with Crippen LogP contribution in [0.1, 0.15) is 44.2 Å². The Morgan fingerprint density at radius 2 is 1.93 bits per heavy atom. The second-order valence-corrected chi connectivity index (χ2v) is 9.42. The fourth-order valence-electron chi connectivity index (χ4n) is 3.30. The summed E-state index contributed by atoms with van der Waals surface area (Å²) < 4.78 is 65.5. The van der Waals surface area contributed by atoms with Crippen molar-refractivity contribution in [2.24, 2.45) is 0 Å². The molecule has 0 aromatic heterocycles. The van der Waals surface area contributed by atoms with Gasteiger partial charge in [-0.1, -0.05) is 30.4 Å². The molecule has 27 heavy (non-hydrogen) atoms. The zero-order valence-corrected chi connectivity index (χ0v) is 16.0. The van der Waals surface area contributed by atoms with Crippen LogP contribution in [0, 0.1) is 0 Å². The molecule has 1 aromatic rings. The standard InChI is InChI=1S/C20H22F3NO2S/c1-13(2)27(25,26)24-19-9-7-16-11-15(6-8-18(16)19)10-14-4-3-5-17(12-14)20(21,22)23/h3-6,11-13,24H,7-10H2,1-2H3. The number of fused-ring (bicyclic) bond motifs is 1. The monoisotopic (exact) mass is 397 g/mol. The lowest BCUT2D eigenvalue weighted by molar-refractivity contribution is -0.137. The van der Waals surface area contributed by atoms with Crippen LogP contribution in [-0.4, -0.2) is 13.7 Å². The molecule has 3 rings (SSSR count). The molecule has 0 radical (unpaired) electrons. The van der Waals surface area contributed by atoms with Crippen molar-refractivity contribution in [2.45, 2.75) is 51.0 Å². The van der Waals surface area contributed by atoms with Gasteiger partial charge in [0, 0.05) is 5.70 Å². The summed E-state index contributed by atoms with van der Waals surface area (Å²) in [5, 5.41) is -0.505. The average Bonchev–Trinajstić information content (AvgIpc) is 2.96. The van der Waals surface area contributed by atoms with Crippen molar-refractivity contribution in [3.63, 3.8) is 0 Å². The summed E-state index contributed by atoms with van der Waals surface area (Å²) in [5.41, 5.74) is 3.73. The average molecular weight is 397 g/mol. The topological polar surface area (TPSA) is 46.2 Å². The Balaban J connectivity index is 1.77. The molecule has 0 spiro atoms. The van der Waals surface area contributed by atoms with E-state index in [0.717, 1.165) is 34.9 Å². The fourth-order valence-corrected chi connectivity index (χ4v) is 4.11. The summed E-state index contributed by atoms with van der Waals surface area (Å²) in [5.74, 6) is 0. The van der Waals surface area contributed by atoms with Crippen LogP contribution in [0.5, 0.6) is 0 Å². The first kappa shape index (κ1) is 19.7.